The number of hydrogen-bond acceptors (Lipinski definition) is 2. The van der Waals surface area contributed by atoms with Crippen molar-refractivity contribution in [2.75, 3.05) is 13.1 Å². The molecule has 0 radical (unpaired) electrons. The molecule has 6 rings (SSSR count). The zero-order valence-corrected chi connectivity index (χ0v) is 20.0. The van der Waals surface area contributed by atoms with Gasteiger partial charge >= 0.3 is 12.4 Å². The van der Waals surface area contributed by atoms with Crippen LogP contribution in [0.25, 0.3) is 0 Å². The van der Waals surface area contributed by atoms with Gasteiger partial charge in [-0.1, -0.05) is 60.7 Å². The quantitative estimate of drug-likeness (QED) is 0.312. The predicted octanol–water partition coefficient (Wildman–Crippen LogP) is 7.54. The molecule has 3 fully saturated rings. The van der Waals surface area contributed by atoms with E-state index in [2.05, 4.69) is 29.2 Å². The van der Waals surface area contributed by atoms with Crippen LogP contribution in [0.3, 0.4) is 0 Å². The van der Waals surface area contributed by atoms with Crippen LogP contribution in [0.1, 0.15) is 46.6 Å². The van der Waals surface area contributed by atoms with E-state index < -0.39 is 23.5 Å². The van der Waals surface area contributed by atoms with Crippen LogP contribution >= 0.6 is 0 Å². The van der Waals surface area contributed by atoms with Crippen molar-refractivity contribution < 1.29 is 31.1 Å². The van der Waals surface area contributed by atoms with E-state index in [0.29, 0.717) is 0 Å². The number of fused-ring (bicyclic) bond motifs is 3. The van der Waals surface area contributed by atoms with Crippen LogP contribution in [-0.2, 0) is 23.7 Å². The van der Waals surface area contributed by atoms with Gasteiger partial charge in [-0.05, 0) is 66.7 Å². The van der Waals surface area contributed by atoms with Gasteiger partial charge in [0.15, 0.2) is 0 Å². The second-order valence-corrected chi connectivity index (χ2v) is 9.85. The number of rotatable bonds is 6. The second kappa shape index (κ2) is 10.1. The van der Waals surface area contributed by atoms with E-state index in [0.717, 1.165) is 49.2 Å². The Bertz CT molecular complexity index is 1110. The topological polar surface area (TPSA) is 12.5 Å². The maximum absolute atomic E-state index is 13.4. The summed E-state index contributed by atoms with van der Waals surface area (Å²) in [6.07, 6.45) is -8.35. The Morgan fingerprint density at radius 2 is 1.22 bits per heavy atom. The average molecular weight is 520 g/mol. The van der Waals surface area contributed by atoms with Gasteiger partial charge < -0.3 is 4.74 Å². The summed E-state index contributed by atoms with van der Waals surface area (Å²) < 4.78 is 86.6. The van der Waals surface area contributed by atoms with Gasteiger partial charge in [-0.25, -0.2) is 0 Å². The molecule has 0 aromatic heterocycles. The first-order valence-corrected chi connectivity index (χ1v) is 12.3. The highest BCUT2D eigenvalue weighted by Crippen LogP contribution is 2.44. The second-order valence-electron chi connectivity index (χ2n) is 9.85. The number of benzene rings is 3. The Hall–Kier alpha value is -2.84. The third kappa shape index (κ3) is 5.55. The van der Waals surface area contributed by atoms with Crippen molar-refractivity contribution in [2.45, 2.75) is 49.9 Å². The van der Waals surface area contributed by atoms with Gasteiger partial charge in [0.2, 0.25) is 0 Å². The molecule has 3 aliphatic rings. The normalized spacial score (nSPS) is 24.0. The van der Waals surface area contributed by atoms with Gasteiger partial charge in [0.1, 0.15) is 0 Å². The van der Waals surface area contributed by atoms with Crippen molar-refractivity contribution in [3.8, 4) is 0 Å². The van der Waals surface area contributed by atoms with Crippen LogP contribution in [0, 0.1) is 5.92 Å². The number of ether oxygens (including phenoxy) is 1. The van der Waals surface area contributed by atoms with Crippen LogP contribution in [0.4, 0.5) is 26.3 Å². The number of hydrogen-bond donors (Lipinski definition) is 0. The van der Waals surface area contributed by atoms with Gasteiger partial charge in [0.05, 0.1) is 23.8 Å². The SMILES string of the molecule is FC(F)(F)c1cc(CO[C@H]2C3CCN(CC3)[C@@H]2C(c2ccccc2)c2ccccc2)cc(C(F)(F)F)c1. The molecule has 2 nitrogen and oxygen atoms in total. The van der Waals surface area contributed by atoms with Crippen LogP contribution < -0.4 is 0 Å². The summed E-state index contributed by atoms with van der Waals surface area (Å²) in [7, 11) is 0. The van der Waals surface area contributed by atoms with E-state index >= 15 is 0 Å². The third-order valence-electron chi connectivity index (χ3n) is 7.55. The van der Waals surface area contributed by atoms with E-state index in [1.165, 1.54) is 0 Å². The van der Waals surface area contributed by atoms with Gasteiger partial charge in [0, 0.05) is 12.0 Å². The van der Waals surface area contributed by atoms with Crippen LogP contribution in [0.15, 0.2) is 78.9 Å². The van der Waals surface area contributed by atoms with Gasteiger partial charge in [-0.2, -0.15) is 26.3 Å². The van der Waals surface area contributed by atoms with Crippen molar-refractivity contribution in [1.82, 2.24) is 4.90 Å². The summed E-state index contributed by atoms with van der Waals surface area (Å²) in [6, 6.07) is 21.6. The Morgan fingerprint density at radius 3 is 1.68 bits per heavy atom. The first-order valence-electron chi connectivity index (χ1n) is 12.3. The molecule has 0 unspecified atom stereocenters. The summed E-state index contributed by atoms with van der Waals surface area (Å²) in [5.41, 5.74) is -0.583. The van der Waals surface area contributed by atoms with Crippen molar-refractivity contribution in [2.24, 2.45) is 5.92 Å². The molecule has 2 bridgehead atoms. The van der Waals surface area contributed by atoms with E-state index in [9.17, 15) is 26.3 Å². The van der Waals surface area contributed by atoms with Crippen molar-refractivity contribution in [3.05, 3.63) is 107 Å². The number of piperidine rings is 3. The lowest BCUT2D eigenvalue weighted by atomic mass is 9.72. The summed E-state index contributed by atoms with van der Waals surface area (Å²) in [6.45, 7) is 1.44. The van der Waals surface area contributed by atoms with Crippen LogP contribution in [0.5, 0.6) is 0 Å². The smallest absolute Gasteiger partial charge is 0.372 e. The fraction of sp³-hybridized carbons (Fsp3) is 0.379. The summed E-state index contributed by atoms with van der Waals surface area (Å²) in [5.74, 6) is 0.126. The maximum atomic E-state index is 13.4. The highest BCUT2D eigenvalue weighted by molar-refractivity contribution is 5.36. The molecule has 0 aliphatic carbocycles. The minimum absolute atomic E-state index is 0.0530. The molecule has 37 heavy (non-hydrogen) atoms. The van der Waals surface area contributed by atoms with Crippen molar-refractivity contribution >= 4 is 0 Å². The highest BCUT2D eigenvalue weighted by Gasteiger charge is 2.47. The molecule has 0 saturated carbocycles. The van der Waals surface area contributed by atoms with Gasteiger partial charge in [0.25, 0.3) is 0 Å². The number of halogens is 6. The fourth-order valence-corrected chi connectivity index (χ4v) is 5.87. The summed E-state index contributed by atoms with van der Waals surface area (Å²) in [4.78, 5) is 2.36. The van der Waals surface area contributed by atoms with Gasteiger partial charge in [-0.3, -0.25) is 4.90 Å². The maximum Gasteiger partial charge on any atom is 0.416 e. The Morgan fingerprint density at radius 1 is 0.730 bits per heavy atom. The molecular weight excluding hydrogens is 492 g/mol. The monoisotopic (exact) mass is 519 g/mol. The lowest BCUT2D eigenvalue weighted by Crippen LogP contribution is -2.60. The summed E-state index contributed by atoms with van der Waals surface area (Å²) in [5, 5.41) is 0. The van der Waals surface area contributed by atoms with E-state index in [-0.39, 0.29) is 42.2 Å². The Labute approximate surface area is 211 Å². The third-order valence-corrected chi connectivity index (χ3v) is 7.55. The first-order chi connectivity index (χ1) is 17.6. The van der Waals surface area contributed by atoms with Crippen LogP contribution in [-0.4, -0.2) is 30.1 Å². The number of nitrogens with zero attached hydrogens (tertiary/aromatic N) is 1. The molecule has 0 spiro atoms. The molecular formula is C29H27F6NO. The van der Waals surface area contributed by atoms with Gasteiger partial charge in [-0.15, -0.1) is 0 Å². The molecule has 196 valence electrons. The molecule has 3 saturated heterocycles. The molecule has 3 heterocycles. The molecule has 3 aliphatic heterocycles. The molecule has 3 aromatic carbocycles. The Balaban J connectivity index is 1.49. The van der Waals surface area contributed by atoms with E-state index in [1.54, 1.807) is 0 Å². The molecule has 0 amide bonds. The standard InChI is InChI=1S/C29H27F6NO/c30-28(31,32)23-15-19(16-24(17-23)29(33,34)35)18-37-27-22-11-13-36(14-12-22)26(27)25(20-7-3-1-4-8-20)21-9-5-2-6-10-21/h1-10,15-17,22,25-27H,11-14,18H2/t26-,27+/m1/s1. The minimum atomic E-state index is -4.89. The minimum Gasteiger partial charge on any atom is -0.372 e. The molecule has 8 heteroatoms. The highest BCUT2D eigenvalue weighted by atomic mass is 19.4. The first kappa shape index (κ1) is 25.8. The largest absolute Gasteiger partial charge is 0.416 e. The zero-order valence-electron chi connectivity index (χ0n) is 20.0. The predicted molar refractivity (Wildman–Crippen MR) is 128 cm³/mol. The molecule has 2 atom stereocenters. The Kier molecular flexibility index (Phi) is 7.07. The molecule has 0 N–H and O–H groups in total. The van der Waals surface area contributed by atoms with E-state index in [4.69, 9.17) is 4.74 Å². The van der Waals surface area contributed by atoms with Crippen molar-refractivity contribution in [3.63, 3.8) is 0 Å². The number of alkyl halides is 6. The molecule has 3 aromatic rings. The average Bonchev–Trinajstić information content (AvgIpc) is 2.89. The lowest BCUT2D eigenvalue weighted by molar-refractivity contribution is -0.143. The summed E-state index contributed by atoms with van der Waals surface area (Å²) >= 11 is 0. The zero-order chi connectivity index (χ0) is 26.2. The fourth-order valence-electron chi connectivity index (χ4n) is 5.87. The van der Waals surface area contributed by atoms with Crippen LogP contribution in [0.2, 0.25) is 0 Å². The lowest BCUT2D eigenvalue weighted by Gasteiger charge is -2.53. The van der Waals surface area contributed by atoms with Crippen molar-refractivity contribution in [1.29, 1.82) is 0 Å². The van der Waals surface area contributed by atoms with E-state index in [1.807, 2.05) is 36.4 Å².